The summed E-state index contributed by atoms with van der Waals surface area (Å²) in [6, 6.07) is 6.87. The highest BCUT2D eigenvalue weighted by molar-refractivity contribution is 7.90. The molecule has 0 spiro atoms. The molecule has 0 bridgehead atoms. The molecule has 0 saturated heterocycles. The van der Waals surface area contributed by atoms with Crippen LogP contribution in [-0.2, 0) is 16.3 Å². The molecular weight excluding hydrogens is 288 g/mol. The van der Waals surface area contributed by atoms with E-state index in [9.17, 15) is 13.2 Å². The minimum Gasteiger partial charge on any atom is -0.338 e. The van der Waals surface area contributed by atoms with Gasteiger partial charge in [-0.25, -0.2) is 13.2 Å². The maximum absolute atomic E-state index is 11.9. The predicted molar refractivity (Wildman–Crippen MR) is 84.2 cm³/mol. The first kappa shape index (κ1) is 17.5. The molecule has 0 fully saturated rings. The maximum Gasteiger partial charge on any atom is 0.317 e. The summed E-state index contributed by atoms with van der Waals surface area (Å²) in [4.78, 5) is 13.9. The molecule has 118 valence electrons. The third kappa shape index (κ3) is 5.38. The zero-order chi connectivity index (χ0) is 16.0. The fourth-order valence-corrected chi connectivity index (χ4v) is 2.45. The van der Waals surface area contributed by atoms with Crippen molar-refractivity contribution >= 4 is 15.9 Å². The third-order valence-electron chi connectivity index (χ3n) is 3.61. The van der Waals surface area contributed by atoms with Gasteiger partial charge in [-0.05, 0) is 37.5 Å². The van der Waals surface area contributed by atoms with Crippen molar-refractivity contribution in [3.8, 4) is 0 Å². The van der Waals surface area contributed by atoms with Gasteiger partial charge in [0.05, 0.1) is 4.90 Å². The number of urea groups is 1. The van der Waals surface area contributed by atoms with Crippen LogP contribution in [0.25, 0.3) is 0 Å². The number of benzene rings is 1. The monoisotopic (exact) mass is 312 g/mol. The van der Waals surface area contributed by atoms with E-state index in [0.717, 1.165) is 12.0 Å². The van der Waals surface area contributed by atoms with E-state index < -0.39 is 9.84 Å². The highest BCUT2D eigenvalue weighted by Gasteiger charge is 2.13. The topological polar surface area (TPSA) is 66.5 Å². The fraction of sp³-hybridized carbons (Fsp3) is 0.533. The normalized spacial score (nSPS) is 12.8. The molecule has 1 rings (SSSR count). The van der Waals surface area contributed by atoms with Crippen molar-refractivity contribution in [3.05, 3.63) is 29.8 Å². The SMILES string of the molecule is CCC(C)N(C)C(=O)NCCc1ccc(S(C)(=O)=O)cc1. The highest BCUT2D eigenvalue weighted by atomic mass is 32.2. The lowest BCUT2D eigenvalue weighted by molar-refractivity contribution is 0.193. The number of rotatable bonds is 6. The molecule has 0 heterocycles. The number of nitrogens with one attached hydrogen (secondary N) is 1. The van der Waals surface area contributed by atoms with E-state index in [1.807, 2.05) is 13.8 Å². The summed E-state index contributed by atoms with van der Waals surface area (Å²) in [7, 11) is -1.37. The molecule has 1 aromatic carbocycles. The van der Waals surface area contributed by atoms with Gasteiger partial charge in [-0.15, -0.1) is 0 Å². The molecule has 0 aromatic heterocycles. The molecule has 0 radical (unpaired) electrons. The second-order valence-corrected chi connectivity index (χ2v) is 7.28. The molecule has 1 unspecified atom stereocenters. The van der Waals surface area contributed by atoms with Crippen molar-refractivity contribution in [1.82, 2.24) is 10.2 Å². The van der Waals surface area contributed by atoms with E-state index in [2.05, 4.69) is 5.32 Å². The van der Waals surface area contributed by atoms with Gasteiger partial charge in [0, 0.05) is 25.9 Å². The number of carbonyl (C=O) groups excluding carboxylic acids is 1. The smallest absolute Gasteiger partial charge is 0.317 e. The van der Waals surface area contributed by atoms with Crippen LogP contribution in [0.5, 0.6) is 0 Å². The van der Waals surface area contributed by atoms with Crippen molar-refractivity contribution in [1.29, 1.82) is 0 Å². The Bertz CT molecular complexity index is 567. The van der Waals surface area contributed by atoms with E-state index in [0.29, 0.717) is 17.9 Å². The van der Waals surface area contributed by atoms with E-state index in [1.165, 1.54) is 6.26 Å². The van der Waals surface area contributed by atoms with Crippen LogP contribution >= 0.6 is 0 Å². The number of sulfone groups is 1. The quantitative estimate of drug-likeness (QED) is 0.874. The third-order valence-corrected chi connectivity index (χ3v) is 4.74. The molecular formula is C15H24N2O3S. The number of hydrogen-bond acceptors (Lipinski definition) is 3. The van der Waals surface area contributed by atoms with Crippen LogP contribution in [0.3, 0.4) is 0 Å². The van der Waals surface area contributed by atoms with Crippen LogP contribution in [0.2, 0.25) is 0 Å². The summed E-state index contributed by atoms with van der Waals surface area (Å²) in [5.74, 6) is 0. The molecule has 21 heavy (non-hydrogen) atoms. The van der Waals surface area contributed by atoms with Crippen molar-refractivity contribution in [2.24, 2.45) is 0 Å². The lowest BCUT2D eigenvalue weighted by Crippen LogP contribution is -2.42. The number of amides is 2. The minimum absolute atomic E-state index is 0.0860. The average Bonchev–Trinajstić information content (AvgIpc) is 2.45. The minimum atomic E-state index is -3.15. The Morgan fingerprint density at radius 3 is 2.33 bits per heavy atom. The molecule has 1 aromatic rings. The molecule has 0 aliphatic heterocycles. The van der Waals surface area contributed by atoms with Crippen LogP contribution in [0, 0.1) is 0 Å². The summed E-state index contributed by atoms with van der Waals surface area (Å²) in [6.45, 7) is 4.57. The van der Waals surface area contributed by atoms with Crippen molar-refractivity contribution < 1.29 is 13.2 Å². The van der Waals surface area contributed by atoms with Crippen LogP contribution in [-0.4, -0.2) is 45.2 Å². The average molecular weight is 312 g/mol. The Balaban J connectivity index is 2.48. The standard InChI is InChI=1S/C15H24N2O3S/c1-5-12(2)17(3)15(18)16-11-10-13-6-8-14(9-7-13)21(4,19)20/h6-9,12H,5,10-11H2,1-4H3,(H,16,18). The zero-order valence-electron chi connectivity index (χ0n) is 13.1. The van der Waals surface area contributed by atoms with Gasteiger partial charge in [0.2, 0.25) is 0 Å². The predicted octanol–water partition coefficient (Wildman–Crippen LogP) is 2.07. The molecule has 0 aliphatic carbocycles. The Kier molecular flexibility index (Phi) is 6.20. The van der Waals surface area contributed by atoms with Crippen LogP contribution in [0.4, 0.5) is 4.79 Å². The number of carbonyl (C=O) groups is 1. The first-order valence-electron chi connectivity index (χ1n) is 7.05. The largest absolute Gasteiger partial charge is 0.338 e. The number of hydrogen-bond donors (Lipinski definition) is 1. The van der Waals surface area contributed by atoms with Gasteiger partial charge in [-0.3, -0.25) is 0 Å². The van der Waals surface area contributed by atoms with Gasteiger partial charge >= 0.3 is 6.03 Å². The van der Waals surface area contributed by atoms with Crippen LogP contribution < -0.4 is 5.32 Å². The van der Waals surface area contributed by atoms with E-state index in [1.54, 1.807) is 36.2 Å². The lowest BCUT2D eigenvalue weighted by atomic mass is 10.1. The van der Waals surface area contributed by atoms with Crippen molar-refractivity contribution in [2.75, 3.05) is 19.8 Å². The van der Waals surface area contributed by atoms with Gasteiger partial charge in [0.1, 0.15) is 0 Å². The van der Waals surface area contributed by atoms with Crippen molar-refractivity contribution in [3.63, 3.8) is 0 Å². The molecule has 0 aliphatic rings. The molecule has 2 amide bonds. The van der Waals surface area contributed by atoms with Gasteiger partial charge in [-0.2, -0.15) is 0 Å². The fourth-order valence-electron chi connectivity index (χ4n) is 1.82. The molecule has 0 saturated carbocycles. The van der Waals surface area contributed by atoms with E-state index in [4.69, 9.17) is 0 Å². The summed E-state index contributed by atoms with van der Waals surface area (Å²) in [5.41, 5.74) is 0.994. The van der Waals surface area contributed by atoms with Gasteiger partial charge in [-0.1, -0.05) is 19.1 Å². The lowest BCUT2D eigenvalue weighted by Gasteiger charge is -2.24. The second-order valence-electron chi connectivity index (χ2n) is 5.27. The summed E-state index contributed by atoms with van der Waals surface area (Å²) in [6.07, 6.45) is 2.77. The highest BCUT2D eigenvalue weighted by Crippen LogP contribution is 2.10. The Morgan fingerprint density at radius 2 is 1.86 bits per heavy atom. The van der Waals surface area contributed by atoms with Gasteiger partial charge in [0.25, 0.3) is 0 Å². The van der Waals surface area contributed by atoms with E-state index >= 15 is 0 Å². The summed E-state index contributed by atoms with van der Waals surface area (Å²) >= 11 is 0. The maximum atomic E-state index is 11.9. The molecule has 6 heteroatoms. The second kappa shape index (κ2) is 7.45. The Hall–Kier alpha value is -1.56. The molecule has 1 atom stereocenters. The first-order valence-corrected chi connectivity index (χ1v) is 8.94. The van der Waals surface area contributed by atoms with Crippen LogP contribution in [0.15, 0.2) is 29.2 Å². The zero-order valence-corrected chi connectivity index (χ0v) is 13.9. The van der Waals surface area contributed by atoms with Gasteiger partial charge in [0.15, 0.2) is 9.84 Å². The van der Waals surface area contributed by atoms with Crippen molar-refractivity contribution in [2.45, 2.75) is 37.6 Å². The number of nitrogens with zero attached hydrogens (tertiary/aromatic N) is 1. The van der Waals surface area contributed by atoms with E-state index in [-0.39, 0.29) is 12.1 Å². The molecule has 5 nitrogen and oxygen atoms in total. The van der Waals surface area contributed by atoms with Gasteiger partial charge < -0.3 is 10.2 Å². The summed E-state index contributed by atoms with van der Waals surface area (Å²) in [5, 5.41) is 2.86. The Labute approximate surface area is 127 Å². The molecule has 1 N–H and O–H groups in total. The van der Waals surface area contributed by atoms with Crippen LogP contribution in [0.1, 0.15) is 25.8 Å². The Morgan fingerprint density at radius 1 is 1.29 bits per heavy atom. The summed E-state index contributed by atoms with van der Waals surface area (Å²) < 4.78 is 22.7. The first-order chi connectivity index (χ1) is 9.75.